The van der Waals surface area contributed by atoms with E-state index in [0.29, 0.717) is 24.9 Å². The minimum atomic E-state index is -5.08. The lowest BCUT2D eigenvalue weighted by atomic mass is 9.74. The van der Waals surface area contributed by atoms with Gasteiger partial charge in [-0.1, -0.05) is 30.3 Å². The molecule has 3 fully saturated rings. The number of carbonyl (C=O) groups is 3. The Hall–Kier alpha value is -2.66. The van der Waals surface area contributed by atoms with E-state index in [1.165, 1.54) is 0 Å². The van der Waals surface area contributed by atoms with Crippen LogP contribution in [0.25, 0.3) is 0 Å². The fraction of sp³-hybridized carbons (Fsp3) is 0.640. The van der Waals surface area contributed by atoms with E-state index in [0.717, 1.165) is 57.7 Å². The molecular weight excluding hydrogens is 479 g/mol. The molecule has 8 nitrogen and oxygen atoms in total. The Balaban J connectivity index is 0.000000454. The Morgan fingerprint density at radius 2 is 1.75 bits per heavy atom. The lowest BCUT2D eigenvalue weighted by Gasteiger charge is -2.48. The molecule has 0 aromatic heterocycles. The van der Waals surface area contributed by atoms with Gasteiger partial charge < -0.3 is 19.6 Å². The number of carboxylic acid groups (broad SMARTS) is 1. The molecule has 4 rings (SSSR count). The number of hydrogen-bond donors (Lipinski definition) is 1. The highest BCUT2D eigenvalue weighted by molar-refractivity contribution is 5.84. The van der Waals surface area contributed by atoms with Crippen molar-refractivity contribution in [2.45, 2.75) is 37.9 Å². The summed E-state index contributed by atoms with van der Waals surface area (Å²) < 4.78 is 37.0. The number of ether oxygens (including phenoxy) is 1. The summed E-state index contributed by atoms with van der Waals surface area (Å²) in [7, 11) is 1.73. The van der Waals surface area contributed by atoms with E-state index in [1.54, 1.807) is 7.11 Å². The van der Waals surface area contributed by atoms with Crippen molar-refractivity contribution >= 4 is 17.8 Å². The summed E-state index contributed by atoms with van der Waals surface area (Å²) in [5.41, 5.74) is 0.982. The van der Waals surface area contributed by atoms with Crippen molar-refractivity contribution in [3.8, 4) is 0 Å². The average Bonchev–Trinajstić information content (AvgIpc) is 3.36. The number of halogens is 3. The van der Waals surface area contributed by atoms with Crippen LogP contribution in [0.2, 0.25) is 0 Å². The quantitative estimate of drug-likeness (QED) is 0.628. The summed E-state index contributed by atoms with van der Waals surface area (Å²) in [6, 6.07) is 9.95. The highest BCUT2D eigenvalue weighted by Crippen LogP contribution is 2.49. The first-order valence-corrected chi connectivity index (χ1v) is 12.2. The molecule has 1 N–H and O–H groups in total. The molecule has 0 radical (unpaired) electrons. The molecule has 1 spiro atoms. The van der Waals surface area contributed by atoms with Gasteiger partial charge in [0.05, 0.1) is 24.5 Å². The number of hydrogen-bond acceptors (Lipinski definition) is 5. The van der Waals surface area contributed by atoms with Gasteiger partial charge in [-0.2, -0.15) is 13.2 Å². The first kappa shape index (κ1) is 27.9. The molecule has 3 aliphatic rings. The van der Waals surface area contributed by atoms with Gasteiger partial charge in [-0.3, -0.25) is 14.5 Å². The fourth-order valence-corrected chi connectivity index (χ4v) is 5.84. The maximum absolute atomic E-state index is 13.2. The molecular formula is C25H34F3N3O5. The maximum atomic E-state index is 13.2. The Morgan fingerprint density at radius 3 is 2.28 bits per heavy atom. The second kappa shape index (κ2) is 11.6. The number of rotatable bonds is 6. The van der Waals surface area contributed by atoms with Crippen molar-refractivity contribution in [3.63, 3.8) is 0 Å². The Morgan fingerprint density at radius 1 is 1.14 bits per heavy atom. The number of piperidine rings is 1. The summed E-state index contributed by atoms with van der Waals surface area (Å²) in [6.45, 7) is 7.77. The van der Waals surface area contributed by atoms with Gasteiger partial charge in [-0.05, 0) is 25.3 Å². The fourth-order valence-electron chi connectivity index (χ4n) is 5.84. The molecule has 2 amide bonds. The summed E-state index contributed by atoms with van der Waals surface area (Å²) >= 11 is 0. The number of carboxylic acids is 1. The molecule has 3 aliphatic heterocycles. The third kappa shape index (κ3) is 6.00. The number of benzene rings is 1. The van der Waals surface area contributed by atoms with E-state index >= 15 is 0 Å². The van der Waals surface area contributed by atoms with Gasteiger partial charge in [0.2, 0.25) is 11.8 Å². The van der Waals surface area contributed by atoms with Crippen LogP contribution in [-0.4, -0.2) is 102 Å². The number of aliphatic carboxylic acids is 1. The van der Waals surface area contributed by atoms with Crippen molar-refractivity contribution < 1.29 is 37.4 Å². The minimum absolute atomic E-state index is 0.0815. The van der Waals surface area contributed by atoms with Crippen molar-refractivity contribution in [3.05, 3.63) is 35.9 Å². The molecule has 11 heteroatoms. The smallest absolute Gasteiger partial charge is 0.475 e. The van der Waals surface area contributed by atoms with Crippen LogP contribution >= 0.6 is 0 Å². The average molecular weight is 514 g/mol. The van der Waals surface area contributed by atoms with Crippen molar-refractivity contribution in [2.75, 3.05) is 53.0 Å². The SMILES string of the molecule is CCN1C(=O)[C@H]2CN(CCOC)C[C@H]2C12CCN(C(=O)Cc1ccccc1)CC2.O=C(O)C(F)(F)F. The van der Waals surface area contributed by atoms with Gasteiger partial charge in [0.1, 0.15) is 0 Å². The highest BCUT2D eigenvalue weighted by atomic mass is 19.4. The number of carbonyl (C=O) groups excluding carboxylic acids is 2. The van der Waals surface area contributed by atoms with Crippen LogP contribution in [0.15, 0.2) is 30.3 Å². The van der Waals surface area contributed by atoms with E-state index in [4.69, 9.17) is 14.6 Å². The summed E-state index contributed by atoms with van der Waals surface area (Å²) in [5.74, 6) is -1.76. The molecule has 36 heavy (non-hydrogen) atoms. The van der Waals surface area contributed by atoms with Gasteiger partial charge in [0.15, 0.2) is 0 Å². The highest BCUT2D eigenvalue weighted by Gasteiger charge is 2.61. The van der Waals surface area contributed by atoms with Crippen LogP contribution in [0.1, 0.15) is 25.3 Å². The molecule has 1 aromatic rings. The molecule has 0 unspecified atom stereocenters. The predicted octanol–water partition coefficient (Wildman–Crippen LogP) is 2.28. The summed E-state index contributed by atoms with van der Waals surface area (Å²) in [5, 5.41) is 7.12. The lowest BCUT2D eigenvalue weighted by molar-refractivity contribution is -0.192. The third-order valence-corrected chi connectivity index (χ3v) is 7.56. The van der Waals surface area contributed by atoms with Crippen LogP contribution < -0.4 is 0 Å². The normalized spacial score (nSPS) is 23.4. The van der Waals surface area contributed by atoms with Crippen LogP contribution in [-0.2, 0) is 25.5 Å². The number of amides is 2. The lowest BCUT2D eigenvalue weighted by Crippen LogP contribution is -2.58. The molecule has 3 heterocycles. The first-order chi connectivity index (χ1) is 17.0. The largest absolute Gasteiger partial charge is 0.490 e. The minimum Gasteiger partial charge on any atom is -0.475 e. The molecule has 0 aliphatic carbocycles. The number of alkyl halides is 3. The second-order valence-corrected chi connectivity index (χ2v) is 9.50. The summed E-state index contributed by atoms with van der Waals surface area (Å²) in [6.07, 6.45) is -2.83. The second-order valence-electron chi connectivity index (χ2n) is 9.50. The van der Waals surface area contributed by atoms with E-state index in [1.807, 2.05) is 35.2 Å². The molecule has 2 atom stereocenters. The number of fused-ring (bicyclic) bond motifs is 2. The third-order valence-electron chi connectivity index (χ3n) is 7.56. The van der Waals surface area contributed by atoms with Crippen molar-refractivity contribution in [1.29, 1.82) is 0 Å². The first-order valence-electron chi connectivity index (χ1n) is 12.2. The maximum Gasteiger partial charge on any atom is 0.490 e. The zero-order valence-corrected chi connectivity index (χ0v) is 20.7. The Labute approximate surface area is 209 Å². The summed E-state index contributed by atoms with van der Waals surface area (Å²) in [4.78, 5) is 41.4. The number of methoxy groups -OCH3 is 1. The molecule has 200 valence electrons. The van der Waals surface area contributed by atoms with Crippen LogP contribution in [0.5, 0.6) is 0 Å². The molecule has 0 bridgehead atoms. The molecule has 1 aromatic carbocycles. The van der Waals surface area contributed by atoms with E-state index in [-0.39, 0.29) is 17.4 Å². The topological polar surface area (TPSA) is 90.4 Å². The standard InChI is InChI=1S/C23H33N3O3.C2HF3O2/c1-3-26-22(28)19-16-24(13-14-29-2)17-20(19)23(26)9-11-25(12-10-23)21(27)15-18-7-5-4-6-8-18;3-2(4,5)1(6)7/h4-8,19-20H,3,9-17H2,1-2H3;(H,6,7)/t19-,20+;/m0./s1. The van der Waals surface area contributed by atoms with Crippen LogP contribution in [0.4, 0.5) is 13.2 Å². The zero-order valence-electron chi connectivity index (χ0n) is 20.7. The monoisotopic (exact) mass is 513 g/mol. The zero-order chi connectivity index (χ0) is 26.5. The van der Waals surface area contributed by atoms with Crippen LogP contribution in [0.3, 0.4) is 0 Å². The van der Waals surface area contributed by atoms with E-state index < -0.39 is 12.1 Å². The van der Waals surface area contributed by atoms with Gasteiger partial charge in [0.25, 0.3) is 0 Å². The van der Waals surface area contributed by atoms with Crippen molar-refractivity contribution in [1.82, 2.24) is 14.7 Å². The van der Waals surface area contributed by atoms with Gasteiger partial charge in [-0.25, -0.2) is 4.79 Å². The van der Waals surface area contributed by atoms with Crippen molar-refractivity contribution in [2.24, 2.45) is 11.8 Å². The van der Waals surface area contributed by atoms with Gasteiger partial charge in [0, 0.05) is 52.3 Å². The molecule has 0 saturated carbocycles. The van der Waals surface area contributed by atoms with Gasteiger partial charge >= 0.3 is 12.1 Å². The molecule has 3 saturated heterocycles. The van der Waals surface area contributed by atoms with E-state index in [2.05, 4.69) is 16.7 Å². The van der Waals surface area contributed by atoms with Crippen LogP contribution in [0, 0.1) is 11.8 Å². The van der Waals surface area contributed by atoms with Gasteiger partial charge in [-0.15, -0.1) is 0 Å². The van der Waals surface area contributed by atoms with E-state index in [9.17, 15) is 22.8 Å². The Kier molecular flexibility index (Phi) is 8.99. The Bertz CT molecular complexity index is 919. The number of nitrogens with zero attached hydrogens (tertiary/aromatic N) is 3. The number of likely N-dealkylation sites (tertiary alicyclic amines) is 3. The predicted molar refractivity (Wildman–Crippen MR) is 125 cm³/mol.